The third kappa shape index (κ3) is 3.26. The first-order valence-electron chi connectivity index (χ1n) is 6.35. The van der Waals surface area contributed by atoms with E-state index in [1.54, 1.807) is 24.4 Å². The van der Waals surface area contributed by atoms with Crippen molar-refractivity contribution >= 4 is 17.4 Å². The molecule has 5 heteroatoms. The summed E-state index contributed by atoms with van der Waals surface area (Å²) in [6.45, 7) is 3.86. The van der Waals surface area contributed by atoms with Gasteiger partial charge < -0.3 is 15.8 Å². The molecule has 0 aliphatic rings. The lowest BCUT2D eigenvalue weighted by Crippen LogP contribution is -2.16. The van der Waals surface area contributed by atoms with Crippen molar-refractivity contribution in [2.24, 2.45) is 0 Å². The summed E-state index contributed by atoms with van der Waals surface area (Å²) < 4.78 is 5.65. The van der Waals surface area contributed by atoms with E-state index in [0.29, 0.717) is 17.0 Å². The molecule has 0 saturated carbocycles. The summed E-state index contributed by atoms with van der Waals surface area (Å²) in [6, 6.07) is 10.6. The molecule has 0 aliphatic carbocycles. The maximum atomic E-state index is 12.2. The topological polar surface area (TPSA) is 77.2 Å². The van der Waals surface area contributed by atoms with Crippen LogP contribution in [0, 0.1) is 0 Å². The van der Waals surface area contributed by atoms with Gasteiger partial charge in [0, 0.05) is 6.20 Å². The number of para-hydroxylation sites is 2. The Morgan fingerprint density at radius 3 is 2.70 bits per heavy atom. The number of anilines is 2. The Bertz CT molecular complexity index is 612. The Morgan fingerprint density at radius 2 is 2.00 bits per heavy atom. The number of carbonyl (C=O) groups is 1. The maximum absolute atomic E-state index is 12.2. The average molecular weight is 271 g/mol. The van der Waals surface area contributed by atoms with Crippen LogP contribution in [0.4, 0.5) is 11.5 Å². The number of amides is 1. The van der Waals surface area contributed by atoms with Crippen molar-refractivity contribution in [2.45, 2.75) is 20.0 Å². The van der Waals surface area contributed by atoms with Crippen molar-refractivity contribution in [1.29, 1.82) is 0 Å². The molecule has 1 amide bonds. The molecular weight excluding hydrogens is 254 g/mol. The number of carbonyl (C=O) groups excluding carboxylic acids is 1. The zero-order valence-corrected chi connectivity index (χ0v) is 11.5. The third-order valence-corrected chi connectivity index (χ3v) is 2.58. The molecule has 3 N–H and O–H groups in total. The first-order chi connectivity index (χ1) is 9.58. The Hall–Kier alpha value is -2.56. The van der Waals surface area contributed by atoms with Crippen LogP contribution in [0.15, 0.2) is 42.6 Å². The van der Waals surface area contributed by atoms with Gasteiger partial charge in [0.05, 0.1) is 17.4 Å². The summed E-state index contributed by atoms with van der Waals surface area (Å²) in [4.78, 5) is 16.1. The number of hydrogen-bond donors (Lipinski definition) is 2. The van der Waals surface area contributed by atoms with Gasteiger partial charge >= 0.3 is 0 Å². The average Bonchev–Trinajstić information content (AvgIpc) is 2.41. The van der Waals surface area contributed by atoms with Gasteiger partial charge in [-0.1, -0.05) is 12.1 Å². The first kappa shape index (κ1) is 13.9. The molecule has 0 unspecified atom stereocenters. The second-order valence-electron chi connectivity index (χ2n) is 4.55. The lowest BCUT2D eigenvalue weighted by molar-refractivity contribution is 0.102. The van der Waals surface area contributed by atoms with Gasteiger partial charge in [0.25, 0.3) is 5.91 Å². The fourth-order valence-corrected chi connectivity index (χ4v) is 1.73. The smallest absolute Gasteiger partial charge is 0.259 e. The summed E-state index contributed by atoms with van der Waals surface area (Å²) in [5.74, 6) is 0.515. The van der Waals surface area contributed by atoms with E-state index in [0.717, 1.165) is 0 Å². The number of aromatic nitrogens is 1. The molecular formula is C15H17N3O2. The highest BCUT2D eigenvalue weighted by Crippen LogP contribution is 2.25. The summed E-state index contributed by atoms with van der Waals surface area (Å²) in [5, 5.41) is 2.79. The van der Waals surface area contributed by atoms with Gasteiger partial charge in [-0.25, -0.2) is 4.98 Å². The van der Waals surface area contributed by atoms with Crippen LogP contribution in [0.3, 0.4) is 0 Å². The van der Waals surface area contributed by atoms with Gasteiger partial charge in [-0.2, -0.15) is 0 Å². The molecule has 1 heterocycles. The molecule has 0 fully saturated rings. The minimum atomic E-state index is -0.310. The normalized spacial score (nSPS) is 10.3. The minimum Gasteiger partial charge on any atom is -0.489 e. The van der Waals surface area contributed by atoms with Gasteiger partial charge in [-0.15, -0.1) is 0 Å². The number of nitrogen functional groups attached to an aromatic ring is 1. The van der Waals surface area contributed by atoms with Gasteiger partial charge in [0.2, 0.25) is 0 Å². The minimum absolute atomic E-state index is 0.0245. The molecule has 0 bridgehead atoms. The Morgan fingerprint density at radius 1 is 1.25 bits per heavy atom. The highest BCUT2D eigenvalue weighted by atomic mass is 16.5. The second kappa shape index (κ2) is 6.06. The maximum Gasteiger partial charge on any atom is 0.259 e. The van der Waals surface area contributed by atoms with Crippen LogP contribution in [0.25, 0.3) is 0 Å². The van der Waals surface area contributed by atoms with Crippen LogP contribution in [0.1, 0.15) is 24.2 Å². The lowest BCUT2D eigenvalue weighted by atomic mass is 10.2. The van der Waals surface area contributed by atoms with E-state index in [-0.39, 0.29) is 17.8 Å². The Balaban J connectivity index is 2.22. The molecule has 0 saturated heterocycles. The number of benzene rings is 1. The zero-order valence-electron chi connectivity index (χ0n) is 11.5. The highest BCUT2D eigenvalue weighted by Gasteiger charge is 2.13. The number of pyridine rings is 1. The summed E-state index contributed by atoms with van der Waals surface area (Å²) in [5.41, 5.74) is 6.64. The van der Waals surface area contributed by atoms with Crippen LogP contribution in [-0.2, 0) is 0 Å². The monoisotopic (exact) mass is 271 g/mol. The van der Waals surface area contributed by atoms with E-state index in [2.05, 4.69) is 10.3 Å². The van der Waals surface area contributed by atoms with E-state index < -0.39 is 0 Å². The van der Waals surface area contributed by atoms with Crippen molar-refractivity contribution in [1.82, 2.24) is 4.98 Å². The molecule has 0 spiro atoms. The van der Waals surface area contributed by atoms with E-state index in [1.807, 2.05) is 32.0 Å². The molecule has 2 aromatic rings. The van der Waals surface area contributed by atoms with Gasteiger partial charge in [-0.3, -0.25) is 4.79 Å². The van der Waals surface area contributed by atoms with Crippen molar-refractivity contribution in [2.75, 3.05) is 11.1 Å². The van der Waals surface area contributed by atoms with Crippen molar-refractivity contribution in [3.8, 4) is 5.75 Å². The molecule has 0 atom stereocenters. The van der Waals surface area contributed by atoms with Gasteiger partial charge in [-0.05, 0) is 38.1 Å². The number of ether oxygens (including phenoxy) is 1. The number of nitrogens with zero attached hydrogens (tertiary/aromatic N) is 1. The third-order valence-electron chi connectivity index (χ3n) is 2.58. The second-order valence-corrected chi connectivity index (χ2v) is 4.55. The standard InChI is InChI=1S/C15H17N3O2/c1-10(2)20-13-8-4-3-7-12(13)18-15(19)11-6-5-9-17-14(11)16/h3-10H,1-2H3,(H2,16,17)(H,18,19). The summed E-state index contributed by atoms with van der Waals surface area (Å²) in [6.07, 6.45) is 1.57. The van der Waals surface area contributed by atoms with Gasteiger partial charge in [0.15, 0.2) is 0 Å². The fourth-order valence-electron chi connectivity index (χ4n) is 1.73. The summed E-state index contributed by atoms with van der Waals surface area (Å²) in [7, 11) is 0. The molecule has 0 radical (unpaired) electrons. The molecule has 2 rings (SSSR count). The lowest BCUT2D eigenvalue weighted by Gasteiger charge is -2.15. The SMILES string of the molecule is CC(C)Oc1ccccc1NC(=O)c1cccnc1N. The predicted octanol–water partition coefficient (Wildman–Crippen LogP) is 2.70. The van der Waals surface area contributed by atoms with Crippen molar-refractivity contribution < 1.29 is 9.53 Å². The van der Waals surface area contributed by atoms with Crippen molar-refractivity contribution in [3.05, 3.63) is 48.2 Å². The van der Waals surface area contributed by atoms with E-state index in [9.17, 15) is 4.79 Å². The number of rotatable bonds is 4. The van der Waals surface area contributed by atoms with Crippen LogP contribution in [0.5, 0.6) is 5.75 Å². The largest absolute Gasteiger partial charge is 0.489 e. The molecule has 5 nitrogen and oxygen atoms in total. The number of nitrogens with two attached hydrogens (primary N) is 1. The predicted molar refractivity (Wildman–Crippen MR) is 78.8 cm³/mol. The van der Waals surface area contributed by atoms with E-state index >= 15 is 0 Å². The van der Waals surface area contributed by atoms with Crippen molar-refractivity contribution in [3.63, 3.8) is 0 Å². The summed E-state index contributed by atoms with van der Waals surface area (Å²) >= 11 is 0. The zero-order chi connectivity index (χ0) is 14.5. The molecule has 104 valence electrons. The van der Waals surface area contributed by atoms with Crippen LogP contribution >= 0.6 is 0 Å². The number of hydrogen-bond acceptors (Lipinski definition) is 4. The van der Waals surface area contributed by atoms with Crippen LogP contribution < -0.4 is 15.8 Å². The number of nitrogens with one attached hydrogen (secondary N) is 1. The fraction of sp³-hybridized carbons (Fsp3) is 0.200. The van der Waals surface area contributed by atoms with Gasteiger partial charge in [0.1, 0.15) is 11.6 Å². The van der Waals surface area contributed by atoms with E-state index in [1.165, 1.54) is 0 Å². The molecule has 0 aliphatic heterocycles. The first-order valence-corrected chi connectivity index (χ1v) is 6.35. The molecule has 1 aromatic heterocycles. The highest BCUT2D eigenvalue weighted by molar-refractivity contribution is 6.07. The van der Waals surface area contributed by atoms with Crippen LogP contribution in [-0.4, -0.2) is 17.0 Å². The van der Waals surface area contributed by atoms with E-state index in [4.69, 9.17) is 10.5 Å². The van der Waals surface area contributed by atoms with Crippen LogP contribution in [0.2, 0.25) is 0 Å². The Kier molecular flexibility index (Phi) is 4.20. The Labute approximate surface area is 117 Å². The quantitative estimate of drug-likeness (QED) is 0.896. The molecule has 20 heavy (non-hydrogen) atoms. The molecule has 1 aromatic carbocycles.